The lowest BCUT2D eigenvalue weighted by Crippen LogP contribution is -2.26. The third kappa shape index (κ3) is 4.60. The molecule has 2 nitrogen and oxygen atoms in total. The van der Waals surface area contributed by atoms with Gasteiger partial charge in [0.05, 0.1) is 13.2 Å². The fourth-order valence-electron chi connectivity index (χ4n) is 2.98. The molecule has 0 aliphatic carbocycles. The predicted molar refractivity (Wildman–Crippen MR) is 102 cm³/mol. The van der Waals surface area contributed by atoms with Crippen LogP contribution >= 0.6 is 0 Å². The molecular weight excluding hydrogens is 308 g/mol. The maximum atomic E-state index is 5.89. The van der Waals surface area contributed by atoms with Crippen molar-refractivity contribution >= 4 is 0 Å². The highest BCUT2D eigenvalue weighted by atomic mass is 16.7. The quantitative estimate of drug-likeness (QED) is 0.542. The van der Waals surface area contributed by atoms with E-state index in [1.54, 1.807) is 0 Å². The van der Waals surface area contributed by atoms with Gasteiger partial charge in [0, 0.05) is 17.0 Å². The average Bonchev–Trinajstić information content (AvgIpc) is 2.68. The van der Waals surface area contributed by atoms with E-state index in [-0.39, 0.29) is 6.29 Å². The number of benzene rings is 2. The topological polar surface area (TPSA) is 18.5 Å². The zero-order chi connectivity index (χ0) is 17.5. The molecule has 0 atom stereocenters. The summed E-state index contributed by atoms with van der Waals surface area (Å²) < 4.78 is 11.8. The molecule has 3 rings (SSSR count). The van der Waals surface area contributed by atoms with Gasteiger partial charge in [0.25, 0.3) is 0 Å². The zero-order valence-corrected chi connectivity index (χ0v) is 14.7. The Morgan fingerprint density at radius 2 is 1.60 bits per heavy atom. The summed E-state index contributed by atoms with van der Waals surface area (Å²) in [6, 6.07) is 16.7. The van der Waals surface area contributed by atoms with Gasteiger partial charge in [-0.05, 0) is 43.0 Å². The van der Waals surface area contributed by atoms with Crippen molar-refractivity contribution in [1.82, 2.24) is 0 Å². The molecule has 1 aliphatic rings. The second-order valence-electron chi connectivity index (χ2n) is 6.31. The molecule has 25 heavy (non-hydrogen) atoms. The number of rotatable bonds is 5. The lowest BCUT2D eigenvalue weighted by Gasteiger charge is -2.29. The molecule has 1 saturated heterocycles. The predicted octanol–water partition coefficient (Wildman–Crippen LogP) is 5.35. The van der Waals surface area contributed by atoms with Gasteiger partial charge in [0.15, 0.2) is 6.29 Å². The first-order valence-corrected chi connectivity index (χ1v) is 8.77. The van der Waals surface area contributed by atoms with Crippen LogP contribution in [0, 0.1) is 17.8 Å². The smallest absolute Gasteiger partial charge is 0.183 e. The lowest BCUT2D eigenvalue weighted by atomic mass is 10.0. The van der Waals surface area contributed by atoms with Crippen molar-refractivity contribution in [2.75, 3.05) is 13.2 Å². The Kier molecular flexibility index (Phi) is 6.06. The van der Waals surface area contributed by atoms with Gasteiger partial charge < -0.3 is 9.47 Å². The molecule has 128 valence electrons. The van der Waals surface area contributed by atoms with Crippen LogP contribution in [0.25, 0.3) is 11.1 Å². The SMILES string of the molecule is C=CCC[C@H]1CO[C@H](c2ccc(-c3ccc(C#CC)cc3)cc2)OC1. The lowest BCUT2D eigenvalue weighted by molar-refractivity contribution is -0.205. The van der Waals surface area contributed by atoms with Gasteiger partial charge in [-0.25, -0.2) is 0 Å². The Hall–Kier alpha value is -2.34. The Morgan fingerprint density at radius 3 is 2.16 bits per heavy atom. The van der Waals surface area contributed by atoms with E-state index in [1.807, 2.05) is 13.0 Å². The van der Waals surface area contributed by atoms with Crippen LogP contribution in [-0.2, 0) is 9.47 Å². The highest BCUT2D eigenvalue weighted by Gasteiger charge is 2.23. The van der Waals surface area contributed by atoms with Gasteiger partial charge in [0.2, 0.25) is 0 Å². The van der Waals surface area contributed by atoms with Crippen LogP contribution in [-0.4, -0.2) is 13.2 Å². The third-order valence-electron chi connectivity index (χ3n) is 4.42. The standard InChI is InChI=1S/C23H24O2/c1-3-5-7-19-16-24-23(25-17-19)22-14-12-21(13-15-22)20-10-8-18(6-4-2)9-11-20/h3,8-15,19,23H,1,5,7,16-17H2,2H3/t19-,23-. The second-order valence-corrected chi connectivity index (χ2v) is 6.31. The third-order valence-corrected chi connectivity index (χ3v) is 4.42. The number of ether oxygens (including phenoxy) is 2. The fourth-order valence-corrected chi connectivity index (χ4v) is 2.98. The van der Waals surface area contributed by atoms with E-state index >= 15 is 0 Å². The minimum Gasteiger partial charge on any atom is -0.348 e. The molecule has 0 bridgehead atoms. The van der Waals surface area contributed by atoms with Crippen molar-refractivity contribution in [3.8, 4) is 23.0 Å². The van der Waals surface area contributed by atoms with Gasteiger partial charge in [-0.3, -0.25) is 0 Å². The summed E-state index contributed by atoms with van der Waals surface area (Å²) in [4.78, 5) is 0. The van der Waals surface area contributed by atoms with Gasteiger partial charge in [-0.1, -0.05) is 48.4 Å². The van der Waals surface area contributed by atoms with Crippen molar-refractivity contribution in [3.05, 3.63) is 72.3 Å². The summed E-state index contributed by atoms with van der Waals surface area (Å²) in [7, 11) is 0. The minimum atomic E-state index is -0.253. The highest BCUT2D eigenvalue weighted by molar-refractivity contribution is 5.64. The highest BCUT2D eigenvalue weighted by Crippen LogP contribution is 2.29. The molecule has 0 saturated carbocycles. The van der Waals surface area contributed by atoms with E-state index in [0.29, 0.717) is 5.92 Å². The van der Waals surface area contributed by atoms with Crippen LogP contribution in [0.4, 0.5) is 0 Å². The average molecular weight is 332 g/mol. The molecule has 0 spiro atoms. The van der Waals surface area contributed by atoms with Crippen LogP contribution in [0.15, 0.2) is 61.2 Å². The van der Waals surface area contributed by atoms with Crippen molar-refractivity contribution < 1.29 is 9.47 Å². The fraction of sp³-hybridized carbons (Fsp3) is 0.304. The molecule has 1 aliphatic heterocycles. The normalized spacial score (nSPS) is 19.7. The zero-order valence-electron chi connectivity index (χ0n) is 14.7. The summed E-state index contributed by atoms with van der Waals surface area (Å²) in [5, 5.41) is 0. The Balaban J connectivity index is 1.62. The van der Waals surface area contributed by atoms with Gasteiger partial charge >= 0.3 is 0 Å². The Morgan fingerprint density at radius 1 is 1.00 bits per heavy atom. The van der Waals surface area contributed by atoms with Crippen LogP contribution in [0.5, 0.6) is 0 Å². The molecule has 1 heterocycles. The van der Waals surface area contributed by atoms with E-state index in [1.165, 1.54) is 11.1 Å². The summed E-state index contributed by atoms with van der Waals surface area (Å²) >= 11 is 0. The summed E-state index contributed by atoms with van der Waals surface area (Å²) in [5.74, 6) is 6.46. The molecule has 0 N–H and O–H groups in total. The van der Waals surface area contributed by atoms with Crippen molar-refractivity contribution in [1.29, 1.82) is 0 Å². The van der Waals surface area contributed by atoms with Crippen LogP contribution < -0.4 is 0 Å². The first kappa shape index (κ1) is 17.5. The van der Waals surface area contributed by atoms with Gasteiger partial charge in [-0.15, -0.1) is 12.5 Å². The summed E-state index contributed by atoms with van der Waals surface area (Å²) in [6.45, 7) is 7.12. The van der Waals surface area contributed by atoms with Crippen LogP contribution in [0.2, 0.25) is 0 Å². The first-order valence-electron chi connectivity index (χ1n) is 8.77. The molecular formula is C23H24O2. The van der Waals surface area contributed by atoms with E-state index < -0.39 is 0 Å². The van der Waals surface area contributed by atoms with Crippen LogP contribution in [0.1, 0.15) is 37.2 Å². The molecule has 0 aromatic heterocycles. The molecule has 2 aromatic carbocycles. The van der Waals surface area contributed by atoms with E-state index in [2.05, 4.69) is 67.0 Å². The maximum Gasteiger partial charge on any atom is 0.183 e. The van der Waals surface area contributed by atoms with Crippen molar-refractivity contribution in [2.45, 2.75) is 26.1 Å². The number of hydrogen-bond donors (Lipinski definition) is 0. The minimum absolute atomic E-state index is 0.253. The Labute approximate surface area is 150 Å². The molecule has 1 fully saturated rings. The van der Waals surface area contributed by atoms with E-state index in [9.17, 15) is 0 Å². The second kappa shape index (κ2) is 8.67. The van der Waals surface area contributed by atoms with E-state index in [4.69, 9.17) is 9.47 Å². The van der Waals surface area contributed by atoms with Crippen LogP contribution in [0.3, 0.4) is 0 Å². The van der Waals surface area contributed by atoms with Crippen molar-refractivity contribution in [3.63, 3.8) is 0 Å². The molecule has 0 amide bonds. The Bertz CT molecular complexity index is 739. The number of allylic oxidation sites excluding steroid dienone is 1. The van der Waals surface area contributed by atoms with Crippen molar-refractivity contribution in [2.24, 2.45) is 5.92 Å². The maximum absolute atomic E-state index is 5.89. The monoisotopic (exact) mass is 332 g/mol. The van der Waals surface area contributed by atoms with Gasteiger partial charge in [-0.2, -0.15) is 0 Å². The van der Waals surface area contributed by atoms with Gasteiger partial charge in [0.1, 0.15) is 0 Å². The summed E-state index contributed by atoms with van der Waals surface area (Å²) in [5.41, 5.74) is 4.47. The number of hydrogen-bond acceptors (Lipinski definition) is 2. The molecule has 2 aromatic rings. The molecule has 0 radical (unpaired) electrons. The molecule has 0 unspecified atom stereocenters. The van der Waals surface area contributed by atoms with E-state index in [0.717, 1.165) is 37.2 Å². The summed E-state index contributed by atoms with van der Waals surface area (Å²) in [6.07, 6.45) is 3.79. The largest absolute Gasteiger partial charge is 0.348 e. The molecule has 2 heteroatoms. The first-order chi connectivity index (χ1) is 12.3.